The largest absolute Gasteiger partial charge is 0.393 e. The Bertz CT molecular complexity index is 508. The van der Waals surface area contributed by atoms with Gasteiger partial charge in [-0.05, 0) is 48.1 Å². The second-order valence-corrected chi connectivity index (χ2v) is 8.15. The van der Waals surface area contributed by atoms with Gasteiger partial charge in [0.2, 0.25) is 0 Å². The van der Waals surface area contributed by atoms with Gasteiger partial charge in [-0.25, -0.2) is 4.79 Å². The molecule has 0 bridgehead atoms. The van der Waals surface area contributed by atoms with Crippen molar-refractivity contribution in [3.05, 3.63) is 29.8 Å². The van der Waals surface area contributed by atoms with Gasteiger partial charge in [0.05, 0.1) is 6.10 Å². The molecule has 1 aliphatic carbocycles. The fourth-order valence-corrected chi connectivity index (χ4v) is 3.57. The number of urea groups is 1. The summed E-state index contributed by atoms with van der Waals surface area (Å²) >= 11 is 1.89. The standard InChI is InChI=1S/C18H28N2O2S/c1-13(2)23-12-15-6-3-7-16(9-15)20-18(22)19-11-14-5-4-8-17(21)10-14/h3,6-7,9,13-14,17,21H,4-5,8,10-12H2,1-2H3,(H2,19,20,22). The van der Waals surface area contributed by atoms with Crippen molar-refractivity contribution in [2.75, 3.05) is 11.9 Å². The van der Waals surface area contributed by atoms with Crippen LogP contribution in [0.1, 0.15) is 45.1 Å². The van der Waals surface area contributed by atoms with Crippen molar-refractivity contribution in [2.45, 2.75) is 56.6 Å². The van der Waals surface area contributed by atoms with Crippen LogP contribution in [0.2, 0.25) is 0 Å². The van der Waals surface area contributed by atoms with E-state index in [1.165, 1.54) is 5.56 Å². The number of carbonyl (C=O) groups excluding carboxylic acids is 1. The molecule has 2 atom stereocenters. The van der Waals surface area contributed by atoms with Gasteiger partial charge in [0, 0.05) is 18.0 Å². The van der Waals surface area contributed by atoms with E-state index in [-0.39, 0.29) is 12.1 Å². The normalized spacial score (nSPS) is 21.2. The van der Waals surface area contributed by atoms with Crippen molar-refractivity contribution in [3.63, 3.8) is 0 Å². The average Bonchev–Trinajstić information content (AvgIpc) is 2.51. The van der Waals surface area contributed by atoms with Gasteiger partial charge in [-0.2, -0.15) is 11.8 Å². The van der Waals surface area contributed by atoms with Crippen molar-refractivity contribution in [1.82, 2.24) is 5.32 Å². The second-order valence-electron chi connectivity index (χ2n) is 6.58. The number of aliphatic hydroxyl groups excluding tert-OH is 1. The topological polar surface area (TPSA) is 61.4 Å². The summed E-state index contributed by atoms with van der Waals surface area (Å²) in [5.41, 5.74) is 2.05. The number of carbonyl (C=O) groups is 1. The van der Waals surface area contributed by atoms with E-state index in [1.807, 2.05) is 30.0 Å². The number of thioether (sulfide) groups is 1. The van der Waals surface area contributed by atoms with E-state index in [9.17, 15) is 9.90 Å². The summed E-state index contributed by atoms with van der Waals surface area (Å²) in [6, 6.07) is 7.83. The number of hydrogen-bond acceptors (Lipinski definition) is 3. The molecule has 1 aliphatic rings. The summed E-state index contributed by atoms with van der Waals surface area (Å²) in [4.78, 5) is 12.0. The van der Waals surface area contributed by atoms with Gasteiger partial charge in [-0.3, -0.25) is 0 Å². The number of anilines is 1. The molecule has 0 aromatic heterocycles. The van der Waals surface area contributed by atoms with E-state index >= 15 is 0 Å². The molecule has 2 unspecified atom stereocenters. The van der Waals surface area contributed by atoms with Gasteiger partial charge in [-0.15, -0.1) is 0 Å². The third-order valence-electron chi connectivity index (χ3n) is 4.07. The lowest BCUT2D eigenvalue weighted by Gasteiger charge is -2.25. The molecule has 1 aromatic rings. The van der Waals surface area contributed by atoms with Crippen LogP contribution < -0.4 is 10.6 Å². The number of amides is 2. The van der Waals surface area contributed by atoms with Crippen molar-refractivity contribution < 1.29 is 9.90 Å². The fourth-order valence-electron chi connectivity index (χ4n) is 2.86. The van der Waals surface area contributed by atoms with Crippen molar-refractivity contribution in [3.8, 4) is 0 Å². The van der Waals surface area contributed by atoms with Crippen LogP contribution in [-0.4, -0.2) is 29.0 Å². The molecule has 128 valence electrons. The lowest BCUT2D eigenvalue weighted by molar-refractivity contribution is 0.101. The third kappa shape index (κ3) is 6.83. The molecule has 0 saturated heterocycles. The summed E-state index contributed by atoms with van der Waals surface area (Å²) in [5, 5.41) is 16.1. The second kappa shape index (κ2) is 9.18. The predicted octanol–water partition coefficient (Wildman–Crippen LogP) is 4.00. The number of rotatable bonds is 6. The number of hydrogen-bond donors (Lipinski definition) is 3. The monoisotopic (exact) mass is 336 g/mol. The minimum Gasteiger partial charge on any atom is -0.393 e. The highest BCUT2D eigenvalue weighted by atomic mass is 32.2. The van der Waals surface area contributed by atoms with Gasteiger partial charge < -0.3 is 15.7 Å². The van der Waals surface area contributed by atoms with Gasteiger partial charge in [0.1, 0.15) is 0 Å². The predicted molar refractivity (Wildman–Crippen MR) is 97.9 cm³/mol. The summed E-state index contributed by atoms with van der Waals surface area (Å²) in [7, 11) is 0. The van der Waals surface area contributed by atoms with Crippen molar-refractivity contribution in [1.29, 1.82) is 0 Å². The Balaban J connectivity index is 1.77. The smallest absolute Gasteiger partial charge is 0.319 e. The summed E-state index contributed by atoms with van der Waals surface area (Å²) in [6.45, 7) is 5.00. The molecule has 1 fully saturated rings. The first kappa shape index (κ1) is 18.1. The molecule has 0 aliphatic heterocycles. The maximum atomic E-state index is 12.0. The van der Waals surface area contributed by atoms with Crippen LogP contribution in [0.3, 0.4) is 0 Å². The summed E-state index contributed by atoms with van der Waals surface area (Å²) < 4.78 is 0. The maximum absolute atomic E-state index is 12.0. The van der Waals surface area contributed by atoms with Crippen molar-refractivity contribution in [2.24, 2.45) is 5.92 Å². The molecule has 4 nitrogen and oxygen atoms in total. The molecule has 3 N–H and O–H groups in total. The minimum atomic E-state index is -0.200. The average molecular weight is 337 g/mol. The molecule has 1 aromatic carbocycles. The van der Waals surface area contributed by atoms with Gasteiger partial charge in [0.15, 0.2) is 0 Å². The van der Waals surface area contributed by atoms with Crippen LogP contribution in [0.4, 0.5) is 10.5 Å². The first-order valence-corrected chi connectivity index (χ1v) is 9.51. The van der Waals surface area contributed by atoms with Crippen LogP contribution in [0.25, 0.3) is 0 Å². The van der Waals surface area contributed by atoms with Crippen molar-refractivity contribution >= 4 is 23.5 Å². The van der Waals surface area contributed by atoms with Gasteiger partial charge >= 0.3 is 6.03 Å². The third-order valence-corrected chi connectivity index (χ3v) is 5.24. The minimum absolute atomic E-state index is 0.168. The molecule has 2 amide bonds. The molecular weight excluding hydrogens is 308 g/mol. The molecule has 0 radical (unpaired) electrons. The highest BCUT2D eigenvalue weighted by molar-refractivity contribution is 7.99. The molecule has 23 heavy (non-hydrogen) atoms. The van der Waals surface area contributed by atoms with E-state index in [2.05, 4.69) is 30.5 Å². The molecule has 5 heteroatoms. The van der Waals surface area contributed by atoms with Crippen LogP contribution in [0.15, 0.2) is 24.3 Å². The van der Waals surface area contributed by atoms with E-state index < -0.39 is 0 Å². The van der Waals surface area contributed by atoms with Crippen LogP contribution >= 0.6 is 11.8 Å². The maximum Gasteiger partial charge on any atom is 0.319 e. The summed E-state index contributed by atoms with van der Waals surface area (Å²) in [5.74, 6) is 1.34. The molecule has 1 saturated carbocycles. The zero-order valence-corrected chi connectivity index (χ0v) is 14.9. The Kier molecular flexibility index (Phi) is 7.24. The fraction of sp³-hybridized carbons (Fsp3) is 0.611. The number of nitrogens with one attached hydrogen (secondary N) is 2. The van der Waals surface area contributed by atoms with Crippen LogP contribution in [0, 0.1) is 5.92 Å². The van der Waals surface area contributed by atoms with E-state index in [0.29, 0.717) is 17.7 Å². The highest BCUT2D eigenvalue weighted by Gasteiger charge is 2.20. The van der Waals surface area contributed by atoms with E-state index in [0.717, 1.165) is 37.1 Å². The number of aliphatic hydroxyl groups is 1. The zero-order valence-electron chi connectivity index (χ0n) is 14.0. The summed E-state index contributed by atoms with van der Waals surface area (Å²) in [6.07, 6.45) is 3.62. The van der Waals surface area contributed by atoms with E-state index in [4.69, 9.17) is 0 Å². The van der Waals surface area contributed by atoms with Crippen LogP contribution in [-0.2, 0) is 5.75 Å². The lowest BCUT2D eigenvalue weighted by atomic mass is 9.87. The Morgan fingerprint density at radius 3 is 2.96 bits per heavy atom. The first-order valence-electron chi connectivity index (χ1n) is 8.46. The molecule has 0 heterocycles. The van der Waals surface area contributed by atoms with Crippen LogP contribution in [0.5, 0.6) is 0 Å². The zero-order chi connectivity index (χ0) is 16.7. The Labute approximate surface area is 143 Å². The molecule has 0 spiro atoms. The quantitative estimate of drug-likeness (QED) is 0.736. The lowest BCUT2D eigenvalue weighted by Crippen LogP contribution is -2.35. The van der Waals surface area contributed by atoms with Gasteiger partial charge in [-0.1, -0.05) is 32.4 Å². The SMILES string of the molecule is CC(C)SCc1cccc(NC(=O)NCC2CCCC(O)C2)c1. The Morgan fingerprint density at radius 2 is 2.22 bits per heavy atom. The Hall–Kier alpha value is -1.20. The van der Waals surface area contributed by atoms with E-state index in [1.54, 1.807) is 0 Å². The van der Waals surface area contributed by atoms with Gasteiger partial charge in [0.25, 0.3) is 0 Å². The molecule has 2 rings (SSSR count). The number of benzene rings is 1. The Morgan fingerprint density at radius 1 is 1.39 bits per heavy atom. The molecular formula is C18H28N2O2S. The first-order chi connectivity index (χ1) is 11.0. The highest BCUT2D eigenvalue weighted by Crippen LogP contribution is 2.23.